The van der Waals surface area contributed by atoms with Crippen LogP contribution >= 0.6 is 0 Å². The van der Waals surface area contributed by atoms with E-state index in [-0.39, 0.29) is 11.9 Å². The van der Waals surface area contributed by atoms with Crippen molar-refractivity contribution in [1.82, 2.24) is 0 Å². The molecule has 0 radical (unpaired) electrons. The first kappa shape index (κ1) is 21.8. The zero-order valence-electron chi connectivity index (χ0n) is 19.0. The first-order valence-electron chi connectivity index (χ1n) is 12.0. The SMILES string of the molecule is CCC(C)C1C2CC(CC2C(=O)OC(C)(CC)C2CCC(=O)CC2)C1C(C)C. The Balaban J connectivity index is 1.71. The molecule has 28 heavy (non-hydrogen) atoms. The van der Waals surface area contributed by atoms with Gasteiger partial charge in [0.15, 0.2) is 0 Å². The lowest BCUT2D eigenvalue weighted by atomic mass is 9.65. The number of carbonyl (C=O) groups excluding carboxylic acids is 2. The summed E-state index contributed by atoms with van der Waals surface area (Å²) in [6, 6.07) is 0. The van der Waals surface area contributed by atoms with Gasteiger partial charge in [-0.25, -0.2) is 0 Å². The molecule has 0 aromatic carbocycles. The molecular weight excluding hydrogens is 348 g/mol. The highest BCUT2D eigenvalue weighted by atomic mass is 16.6. The Morgan fingerprint density at radius 2 is 1.75 bits per heavy atom. The molecule has 0 aromatic heterocycles. The molecule has 0 N–H and O–H groups in total. The maximum absolute atomic E-state index is 13.4. The quantitative estimate of drug-likeness (QED) is 0.497. The van der Waals surface area contributed by atoms with Gasteiger partial charge in [0.05, 0.1) is 5.92 Å². The standard InChI is InChI=1S/C25H42O3/c1-7-16(5)23-20-13-17(22(23)15(3)4)14-21(20)24(27)28-25(6,8-2)18-9-11-19(26)12-10-18/h15-18,20-23H,7-14H2,1-6H3. The molecule has 7 atom stereocenters. The Bertz CT molecular complexity index is 572. The van der Waals surface area contributed by atoms with E-state index >= 15 is 0 Å². The van der Waals surface area contributed by atoms with Crippen molar-refractivity contribution in [1.29, 1.82) is 0 Å². The largest absolute Gasteiger partial charge is 0.459 e. The van der Waals surface area contributed by atoms with Crippen LogP contribution in [-0.2, 0) is 14.3 Å². The van der Waals surface area contributed by atoms with Crippen molar-refractivity contribution in [2.45, 2.75) is 98.5 Å². The summed E-state index contributed by atoms with van der Waals surface area (Å²) in [4.78, 5) is 25.0. The van der Waals surface area contributed by atoms with Gasteiger partial charge in [-0.15, -0.1) is 0 Å². The average Bonchev–Trinajstić information content (AvgIpc) is 3.26. The topological polar surface area (TPSA) is 43.4 Å². The van der Waals surface area contributed by atoms with Crippen LogP contribution in [0.3, 0.4) is 0 Å². The molecule has 2 bridgehead atoms. The lowest BCUT2D eigenvalue weighted by Crippen LogP contribution is -2.45. The van der Waals surface area contributed by atoms with Gasteiger partial charge in [-0.1, -0.05) is 41.0 Å². The summed E-state index contributed by atoms with van der Waals surface area (Å²) in [5, 5.41) is 0. The highest BCUT2D eigenvalue weighted by Crippen LogP contribution is 2.60. The third-order valence-corrected chi connectivity index (χ3v) is 8.95. The summed E-state index contributed by atoms with van der Waals surface area (Å²) >= 11 is 0. The lowest BCUT2D eigenvalue weighted by Gasteiger charge is -2.43. The van der Waals surface area contributed by atoms with E-state index in [2.05, 4.69) is 41.5 Å². The average molecular weight is 391 g/mol. The molecule has 3 aliphatic rings. The molecule has 3 heteroatoms. The minimum Gasteiger partial charge on any atom is -0.459 e. The molecule has 3 nitrogen and oxygen atoms in total. The number of carbonyl (C=O) groups is 2. The van der Waals surface area contributed by atoms with E-state index in [4.69, 9.17) is 4.74 Å². The second-order valence-electron chi connectivity index (χ2n) is 10.7. The Hall–Kier alpha value is -0.860. The number of hydrogen-bond donors (Lipinski definition) is 0. The molecule has 0 amide bonds. The zero-order valence-corrected chi connectivity index (χ0v) is 19.0. The number of ketones is 1. The van der Waals surface area contributed by atoms with Crippen molar-refractivity contribution < 1.29 is 14.3 Å². The summed E-state index contributed by atoms with van der Waals surface area (Å²) in [5.74, 6) is 4.87. The predicted octanol–water partition coefficient (Wildman–Crippen LogP) is 6.05. The fourth-order valence-corrected chi connectivity index (χ4v) is 7.08. The number of esters is 1. The van der Waals surface area contributed by atoms with Crippen LogP contribution in [0.5, 0.6) is 0 Å². The number of rotatable bonds is 7. The Kier molecular flexibility index (Phi) is 6.61. The third kappa shape index (κ3) is 3.92. The Morgan fingerprint density at radius 1 is 1.11 bits per heavy atom. The molecule has 3 fully saturated rings. The predicted molar refractivity (Wildman–Crippen MR) is 113 cm³/mol. The molecular formula is C25H42O3. The number of ether oxygens (including phenoxy) is 1. The van der Waals surface area contributed by atoms with Crippen molar-refractivity contribution in [3.05, 3.63) is 0 Å². The Labute approximate surface area is 172 Å². The van der Waals surface area contributed by atoms with Crippen molar-refractivity contribution in [2.75, 3.05) is 0 Å². The van der Waals surface area contributed by atoms with E-state index in [1.807, 2.05) is 0 Å². The summed E-state index contributed by atoms with van der Waals surface area (Å²) in [7, 11) is 0. The normalized spacial score (nSPS) is 36.5. The summed E-state index contributed by atoms with van der Waals surface area (Å²) < 4.78 is 6.31. The smallest absolute Gasteiger partial charge is 0.309 e. The summed E-state index contributed by atoms with van der Waals surface area (Å²) in [5.41, 5.74) is -0.414. The molecule has 160 valence electrons. The molecule has 3 saturated carbocycles. The molecule has 7 unspecified atom stereocenters. The maximum atomic E-state index is 13.4. The van der Waals surface area contributed by atoms with E-state index in [9.17, 15) is 9.59 Å². The fourth-order valence-electron chi connectivity index (χ4n) is 7.08. The van der Waals surface area contributed by atoms with Crippen molar-refractivity contribution in [3.63, 3.8) is 0 Å². The van der Waals surface area contributed by atoms with Gasteiger partial charge < -0.3 is 4.74 Å². The second-order valence-corrected chi connectivity index (χ2v) is 10.7. The van der Waals surface area contributed by atoms with Gasteiger partial charge in [-0.2, -0.15) is 0 Å². The minimum absolute atomic E-state index is 0.0595. The van der Waals surface area contributed by atoms with E-state index in [1.54, 1.807) is 0 Å². The first-order chi connectivity index (χ1) is 13.2. The monoisotopic (exact) mass is 390 g/mol. The third-order valence-electron chi connectivity index (χ3n) is 8.95. The second kappa shape index (κ2) is 8.48. The fraction of sp³-hybridized carbons (Fsp3) is 0.920. The molecule has 3 aliphatic carbocycles. The zero-order chi connectivity index (χ0) is 20.6. The Morgan fingerprint density at radius 3 is 2.29 bits per heavy atom. The van der Waals surface area contributed by atoms with Gasteiger partial charge in [0.2, 0.25) is 0 Å². The van der Waals surface area contributed by atoms with Gasteiger partial charge in [-0.3, -0.25) is 9.59 Å². The number of hydrogen-bond acceptors (Lipinski definition) is 3. The van der Waals surface area contributed by atoms with E-state index in [1.165, 1.54) is 12.8 Å². The van der Waals surface area contributed by atoms with Gasteiger partial charge >= 0.3 is 5.97 Å². The van der Waals surface area contributed by atoms with Crippen molar-refractivity contribution in [2.24, 2.45) is 47.3 Å². The van der Waals surface area contributed by atoms with Gasteiger partial charge in [0, 0.05) is 12.8 Å². The van der Waals surface area contributed by atoms with Crippen LogP contribution in [0.25, 0.3) is 0 Å². The molecule has 0 aliphatic heterocycles. The highest BCUT2D eigenvalue weighted by molar-refractivity contribution is 5.79. The number of fused-ring (bicyclic) bond motifs is 2. The lowest BCUT2D eigenvalue weighted by molar-refractivity contribution is -0.175. The van der Waals surface area contributed by atoms with Gasteiger partial charge in [-0.05, 0) is 80.5 Å². The van der Waals surface area contributed by atoms with Crippen molar-refractivity contribution in [3.8, 4) is 0 Å². The van der Waals surface area contributed by atoms with Crippen LogP contribution < -0.4 is 0 Å². The van der Waals surface area contributed by atoms with Crippen molar-refractivity contribution >= 4 is 11.8 Å². The highest BCUT2D eigenvalue weighted by Gasteiger charge is 2.57. The van der Waals surface area contributed by atoms with Crippen LogP contribution in [-0.4, -0.2) is 17.4 Å². The van der Waals surface area contributed by atoms with Crippen LogP contribution in [0.2, 0.25) is 0 Å². The molecule has 3 rings (SSSR count). The first-order valence-corrected chi connectivity index (χ1v) is 12.0. The molecule has 0 spiro atoms. The summed E-state index contributed by atoms with van der Waals surface area (Å²) in [6.45, 7) is 13.7. The number of Topliss-reactive ketones (excluding diaryl/α,β-unsaturated/α-hetero) is 1. The van der Waals surface area contributed by atoms with Crippen LogP contribution in [0.1, 0.15) is 92.9 Å². The van der Waals surface area contributed by atoms with E-state index in [0.717, 1.165) is 31.6 Å². The van der Waals surface area contributed by atoms with E-state index < -0.39 is 5.60 Å². The molecule has 0 heterocycles. The summed E-state index contributed by atoms with van der Waals surface area (Å²) in [6.07, 6.45) is 7.33. The van der Waals surface area contributed by atoms with Gasteiger partial charge in [0.1, 0.15) is 11.4 Å². The maximum Gasteiger partial charge on any atom is 0.309 e. The molecule has 0 saturated heterocycles. The van der Waals surface area contributed by atoms with Crippen LogP contribution in [0.4, 0.5) is 0 Å². The molecule has 0 aromatic rings. The van der Waals surface area contributed by atoms with E-state index in [0.29, 0.717) is 54.1 Å². The van der Waals surface area contributed by atoms with Crippen LogP contribution in [0, 0.1) is 47.3 Å². The van der Waals surface area contributed by atoms with Crippen LogP contribution in [0.15, 0.2) is 0 Å². The minimum atomic E-state index is -0.414. The van der Waals surface area contributed by atoms with Gasteiger partial charge in [0.25, 0.3) is 0 Å².